The molecule has 0 aromatic carbocycles. The largest absolute Gasteiger partial charge is 0.480 e. The molecule has 0 aromatic rings. The SMILES string of the molecule is COCCC(NC(=O)NC(CC(C)C)CN(C)C)C(=O)O. The molecule has 124 valence electrons. The van der Waals surface area contributed by atoms with E-state index in [4.69, 9.17) is 9.84 Å². The fourth-order valence-electron chi connectivity index (χ4n) is 2.07. The van der Waals surface area contributed by atoms with Crippen LogP contribution in [-0.4, -0.2) is 68.4 Å². The number of ether oxygens (including phenoxy) is 1. The van der Waals surface area contributed by atoms with E-state index < -0.39 is 18.0 Å². The predicted molar refractivity (Wildman–Crippen MR) is 81.4 cm³/mol. The molecular weight excluding hydrogens is 274 g/mol. The molecule has 0 heterocycles. The molecule has 7 nitrogen and oxygen atoms in total. The van der Waals surface area contributed by atoms with E-state index in [2.05, 4.69) is 24.5 Å². The van der Waals surface area contributed by atoms with Crippen molar-refractivity contribution in [3.05, 3.63) is 0 Å². The molecule has 0 saturated carbocycles. The molecular formula is C14H29N3O4. The van der Waals surface area contributed by atoms with E-state index >= 15 is 0 Å². The second kappa shape index (κ2) is 10.4. The van der Waals surface area contributed by atoms with Gasteiger partial charge in [-0.05, 0) is 26.4 Å². The maximum atomic E-state index is 11.9. The summed E-state index contributed by atoms with van der Waals surface area (Å²) in [4.78, 5) is 25.0. The number of hydrogen-bond donors (Lipinski definition) is 3. The summed E-state index contributed by atoms with van der Waals surface area (Å²) < 4.78 is 4.85. The Morgan fingerprint density at radius 1 is 1.24 bits per heavy atom. The molecule has 0 radical (unpaired) electrons. The molecule has 0 bridgehead atoms. The molecule has 2 atom stereocenters. The van der Waals surface area contributed by atoms with Gasteiger partial charge in [-0.3, -0.25) is 0 Å². The van der Waals surface area contributed by atoms with Gasteiger partial charge in [-0.15, -0.1) is 0 Å². The first-order valence-electron chi connectivity index (χ1n) is 7.19. The number of carbonyl (C=O) groups excluding carboxylic acids is 1. The van der Waals surface area contributed by atoms with Crippen LogP contribution in [0.15, 0.2) is 0 Å². The van der Waals surface area contributed by atoms with Crippen LogP contribution in [0.1, 0.15) is 26.7 Å². The minimum atomic E-state index is -1.06. The normalized spacial score (nSPS) is 14.0. The molecule has 0 fully saturated rings. The molecule has 0 saturated heterocycles. The van der Waals surface area contributed by atoms with Gasteiger partial charge in [0.05, 0.1) is 0 Å². The zero-order valence-electron chi connectivity index (χ0n) is 13.7. The van der Waals surface area contributed by atoms with E-state index in [0.29, 0.717) is 12.5 Å². The second-order valence-electron chi connectivity index (χ2n) is 5.88. The lowest BCUT2D eigenvalue weighted by molar-refractivity contribution is -0.139. The van der Waals surface area contributed by atoms with Crippen LogP contribution < -0.4 is 10.6 Å². The van der Waals surface area contributed by atoms with Gasteiger partial charge >= 0.3 is 12.0 Å². The number of rotatable bonds is 10. The number of amides is 2. The smallest absolute Gasteiger partial charge is 0.326 e. The Labute approximate surface area is 127 Å². The summed E-state index contributed by atoms with van der Waals surface area (Å²) in [6, 6.07) is -1.41. The lowest BCUT2D eigenvalue weighted by Crippen LogP contribution is -2.51. The topological polar surface area (TPSA) is 90.9 Å². The van der Waals surface area contributed by atoms with Gasteiger partial charge in [-0.1, -0.05) is 13.8 Å². The predicted octanol–water partition coefficient (Wildman–Crippen LogP) is 0.752. The molecule has 21 heavy (non-hydrogen) atoms. The minimum Gasteiger partial charge on any atom is -0.480 e. The van der Waals surface area contributed by atoms with Crippen LogP contribution >= 0.6 is 0 Å². The quantitative estimate of drug-likeness (QED) is 0.554. The summed E-state index contributed by atoms with van der Waals surface area (Å²) in [5.74, 6) is -0.616. The maximum Gasteiger partial charge on any atom is 0.326 e. The average Bonchev–Trinajstić information content (AvgIpc) is 2.32. The fourth-order valence-corrected chi connectivity index (χ4v) is 2.07. The highest BCUT2D eigenvalue weighted by Crippen LogP contribution is 2.05. The summed E-state index contributed by atoms with van der Waals surface area (Å²) in [5.41, 5.74) is 0. The Balaban J connectivity index is 4.47. The molecule has 2 amide bonds. The van der Waals surface area contributed by atoms with Crippen LogP contribution in [0.4, 0.5) is 4.79 Å². The summed E-state index contributed by atoms with van der Waals surface area (Å²) >= 11 is 0. The number of aliphatic carboxylic acids is 1. The molecule has 0 aliphatic heterocycles. The number of urea groups is 1. The van der Waals surface area contributed by atoms with Crippen molar-refractivity contribution in [2.75, 3.05) is 34.4 Å². The zero-order chi connectivity index (χ0) is 16.4. The number of nitrogens with zero attached hydrogens (tertiary/aromatic N) is 1. The van der Waals surface area contributed by atoms with Gasteiger partial charge in [0, 0.05) is 32.7 Å². The van der Waals surface area contributed by atoms with Crippen molar-refractivity contribution in [2.45, 2.75) is 38.8 Å². The first-order chi connectivity index (χ1) is 9.76. The molecule has 0 spiro atoms. The van der Waals surface area contributed by atoms with Gasteiger partial charge in [0.15, 0.2) is 0 Å². The van der Waals surface area contributed by atoms with Crippen LogP contribution in [0.5, 0.6) is 0 Å². The molecule has 7 heteroatoms. The lowest BCUT2D eigenvalue weighted by Gasteiger charge is -2.25. The first kappa shape index (κ1) is 19.7. The monoisotopic (exact) mass is 303 g/mol. The molecule has 0 aliphatic carbocycles. The second-order valence-corrected chi connectivity index (χ2v) is 5.88. The number of methoxy groups -OCH3 is 1. The highest BCUT2D eigenvalue weighted by Gasteiger charge is 2.21. The van der Waals surface area contributed by atoms with E-state index in [1.807, 2.05) is 19.0 Å². The summed E-state index contributed by atoms with van der Waals surface area (Å²) in [7, 11) is 5.37. The number of carboxylic acids is 1. The van der Waals surface area contributed by atoms with Crippen molar-refractivity contribution in [3.8, 4) is 0 Å². The number of carbonyl (C=O) groups is 2. The van der Waals surface area contributed by atoms with Crippen molar-refractivity contribution in [1.82, 2.24) is 15.5 Å². The number of nitrogens with one attached hydrogen (secondary N) is 2. The zero-order valence-corrected chi connectivity index (χ0v) is 13.7. The van der Waals surface area contributed by atoms with Gasteiger partial charge in [-0.25, -0.2) is 9.59 Å². The fraction of sp³-hybridized carbons (Fsp3) is 0.857. The molecule has 3 N–H and O–H groups in total. The van der Waals surface area contributed by atoms with E-state index in [1.54, 1.807) is 0 Å². The minimum absolute atomic E-state index is 0.0168. The van der Waals surface area contributed by atoms with E-state index in [0.717, 1.165) is 6.42 Å². The van der Waals surface area contributed by atoms with Gasteiger partial charge < -0.3 is 25.4 Å². The Kier molecular flexibility index (Phi) is 9.73. The Bertz CT molecular complexity index is 311. The molecule has 2 unspecified atom stereocenters. The van der Waals surface area contributed by atoms with Crippen LogP contribution in [0.2, 0.25) is 0 Å². The van der Waals surface area contributed by atoms with Crippen LogP contribution in [0.25, 0.3) is 0 Å². The maximum absolute atomic E-state index is 11.9. The van der Waals surface area contributed by atoms with Gasteiger partial charge in [0.1, 0.15) is 6.04 Å². The highest BCUT2D eigenvalue weighted by molar-refractivity contribution is 5.82. The number of hydrogen-bond acceptors (Lipinski definition) is 4. The first-order valence-corrected chi connectivity index (χ1v) is 7.19. The third-order valence-corrected chi connectivity index (χ3v) is 2.89. The van der Waals surface area contributed by atoms with Gasteiger partial charge in [0.25, 0.3) is 0 Å². The third kappa shape index (κ3) is 10.1. The Morgan fingerprint density at radius 3 is 2.29 bits per heavy atom. The van der Waals surface area contributed by atoms with E-state index in [9.17, 15) is 9.59 Å². The van der Waals surface area contributed by atoms with Gasteiger partial charge in [0.2, 0.25) is 0 Å². The lowest BCUT2D eigenvalue weighted by atomic mass is 10.0. The average molecular weight is 303 g/mol. The van der Waals surface area contributed by atoms with Crippen LogP contribution in [-0.2, 0) is 9.53 Å². The summed E-state index contributed by atoms with van der Waals surface area (Å²) in [6.07, 6.45) is 1.07. The van der Waals surface area contributed by atoms with Crippen molar-refractivity contribution >= 4 is 12.0 Å². The number of carboxylic acid groups (broad SMARTS) is 1. The third-order valence-electron chi connectivity index (χ3n) is 2.89. The standard InChI is InChI=1S/C14H29N3O4/c1-10(2)8-11(9-17(3)4)15-14(20)16-12(13(18)19)6-7-21-5/h10-12H,6-9H2,1-5H3,(H,18,19)(H2,15,16,20). The Morgan fingerprint density at radius 2 is 1.86 bits per heavy atom. The summed E-state index contributed by atoms with van der Waals surface area (Å²) in [6.45, 7) is 5.16. The summed E-state index contributed by atoms with van der Waals surface area (Å²) in [5, 5.41) is 14.4. The number of likely N-dealkylation sites (N-methyl/N-ethyl adjacent to an activating group) is 1. The molecule has 0 aromatic heterocycles. The van der Waals surface area contributed by atoms with E-state index in [1.165, 1.54) is 7.11 Å². The van der Waals surface area contributed by atoms with E-state index in [-0.39, 0.29) is 19.1 Å². The van der Waals surface area contributed by atoms with Crippen LogP contribution in [0.3, 0.4) is 0 Å². The highest BCUT2D eigenvalue weighted by atomic mass is 16.5. The van der Waals surface area contributed by atoms with Crippen LogP contribution in [0, 0.1) is 5.92 Å². The van der Waals surface area contributed by atoms with Gasteiger partial charge in [-0.2, -0.15) is 0 Å². The van der Waals surface area contributed by atoms with Crippen molar-refractivity contribution in [2.24, 2.45) is 5.92 Å². The van der Waals surface area contributed by atoms with Crippen molar-refractivity contribution < 1.29 is 19.4 Å². The van der Waals surface area contributed by atoms with Crippen molar-refractivity contribution in [1.29, 1.82) is 0 Å². The Hall–Kier alpha value is -1.34. The molecule has 0 rings (SSSR count). The van der Waals surface area contributed by atoms with Crippen molar-refractivity contribution in [3.63, 3.8) is 0 Å². The molecule has 0 aliphatic rings.